The molecule has 1 aliphatic heterocycles. The SMILES string of the molecule is CCc1ccc(CCC2OC2CC)s1. The Balaban J connectivity index is 1.75. The molecular weight excluding hydrogens is 192 g/mol. The maximum atomic E-state index is 5.53. The van der Waals surface area contributed by atoms with Crippen LogP contribution in [0.2, 0.25) is 0 Å². The van der Waals surface area contributed by atoms with Crippen LogP contribution in [-0.2, 0) is 17.6 Å². The van der Waals surface area contributed by atoms with Crippen molar-refractivity contribution in [1.29, 1.82) is 0 Å². The third kappa shape index (κ3) is 2.37. The maximum absolute atomic E-state index is 5.53. The molecular formula is C12H18OS. The molecule has 14 heavy (non-hydrogen) atoms. The van der Waals surface area contributed by atoms with E-state index in [2.05, 4.69) is 26.0 Å². The third-order valence-electron chi connectivity index (χ3n) is 2.83. The van der Waals surface area contributed by atoms with Crippen molar-refractivity contribution in [3.8, 4) is 0 Å². The summed E-state index contributed by atoms with van der Waals surface area (Å²) in [6.07, 6.45) is 5.89. The summed E-state index contributed by atoms with van der Waals surface area (Å²) in [5, 5.41) is 0. The second kappa shape index (κ2) is 4.45. The molecule has 1 fully saturated rings. The smallest absolute Gasteiger partial charge is 0.0845 e. The summed E-state index contributed by atoms with van der Waals surface area (Å²) in [4.78, 5) is 3.02. The highest BCUT2D eigenvalue weighted by molar-refractivity contribution is 7.11. The highest BCUT2D eigenvalue weighted by atomic mass is 32.1. The number of hydrogen-bond donors (Lipinski definition) is 0. The van der Waals surface area contributed by atoms with Crippen LogP contribution >= 0.6 is 11.3 Å². The van der Waals surface area contributed by atoms with Gasteiger partial charge in [0.15, 0.2) is 0 Å². The summed E-state index contributed by atoms with van der Waals surface area (Å²) >= 11 is 1.96. The lowest BCUT2D eigenvalue weighted by atomic mass is 10.1. The van der Waals surface area contributed by atoms with Crippen LogP contribution in [0, 0.1) is 0 Å². The van der Waals surface area contributed by atoms with Gasteiger partial charge in [-0.15, -0.1) is 11.3 Å². The first-order valence-electron chi connectivity index (χ1n) is 5.56. The average Bonchev–Trinajstić information content (AvgIpc) is 2.83. The van der Waals surface area contributed by atoms with Crippen molar-refractivity contribution in [3.63, 3.8) is 0 Å². The summed E-state index contributed by atoms with van der Waals surface area (Å²) in [7, 11) is 0. The maximum Gasteiger partial charge on any atom is 0.0845 e. The highest BCUT2D eigenvalue weighted by Gasteiger charge is 2.36. The van der Waals surface area contributed by atoms with Gasteiger partial charge in [0.1, 0.15) is 0 Å². The van der Waals surface area contributed by atoms with E-state index in [1.54, 1.807) is 0 Å². The lowest BCUT2D eigenvalue weighted by Gasteiger charge is -1.93. The molecule has 1 aromatic rings. The van der Waals surface area contributed by atoms with Crippen molar-refractivity contribution in [2.24, 2.45) is 0 Å². The molecule has 2 unspecified atom stereocenters. The van der Waals surface area contributed by atoms with Gasteiger partial charge >= 0.3 is 0 Å². The van der Waals surface area contributed by atoms with E-state index in [4.69, 9.17) is 4.74 Å². The monoisotopic (exact) mass is 210 g/mol. The number of ether oxygens (including phenoxy) is 1. The van der Waals surface area contributed by atoms with Crippen LogP contribution in [-0.4, -0.2) is 12.2 Å². The van der Waals surface area contributed by atoms with Crippen molar-refractivity contribution in [2.75, 3.05) is 0 Å². The van der Waals surface area contributed by atoms with Crippen LogP contribution in [0.1, 0.15) is 36.4 Å². The minimum Gasteiger partial charge on any atom is -0.370 e. The number of hydrogen-bond acceptors (Lipinski definition) is 2. The Hall–Kier alpha value is -0.340. The standard InChI is InChI=1S/C12H18OS/c1-3-9-5-6-10(14-9)7-8-12-11(4-2)13-12/h5-6,11-12H,3-4,7-8H2,1-2H3. The van der Waals surface area contributed by atoms with Gasteiger partial charge in [-0.2, -0.15) is 0 Å². The highest BCUT2D eigenvalue weighted by Crippen LogP contribution is 2.30. The number of thiophene rings is 1. The van der Waals surface area contributed by atoms with Crippen LogP contribution < -0.4 is 0 Å². The molecule has 1 aliphatic rings. The van der Waals surface area contributed by atoms with Gasteiger partial charge < -0.3 is 4.74 Å². The van der Waals surface area contributed by atoms with E-state index in [0.29, 0.717) is 12.2 Å². The van der Waals surface area contributed by atoms with E-state index in [0.717, 1.165) is 0 Å². The van der Waals surface area contributed by atoms with E-state index in [1.807, 2.05) is 11.3 Å². The molecule has 2 atom stereocenters. The zero-order chi connectivity index (χ0) is 9.97. The second-order valence-corrected chi connectivity index (χ2v) is 5.13. The molecule has 0 radical (unpaired) electrons. The Bertz CT molecular complexity index is 292. The van der Waals surface area contributed by atoms with Crippen molar-refractivity contribution in [3.05, 3.63) is 21.9 Å². The summed E-state index contributed by atoms with van der Waals surface area (Å²) in [5.41, 5.74) is 0. The van der Waals surface area contributed by atoms with Crippen molar-refractivity contribution >= 4 is 11.3 Å². The molecule has 0 aromatic carbocycles. The summed E-state index contributed by atoms with van der Waals surface area (Å²) in [5.74, 6) is 0. The molecule has 2 heteroatoms. The van der Waals surface area contributed by atoms with Gasteiger partial charge in [0.2, 0.25) is 0 Å². The van der Waals surface area contributed by atoms with Crippen LogP contribution in [0.4, 0.5) is 0 Å². The molecule has 1 aromatic heterocycles. The van der Waals surface area contributed by atoms with E-state index in [1.165, 1.54) is 35.4 Å². The Morgan fingerprint density at radius 2 is 2.00 bits per heavy atom. The molecule has 1 nitrogen and oxygen atoms in total. The largest absolute Gasteiger partial charge is 0.370 e. The molecule has 1 saturated heterocycles. The van der Waals surface area contributed by atoms with Gasteiger partial charge in [0.25, 0.3) is 0 Å². The number of rotatable bonds is 5. The van der Waals surface area contributed by atoms with Gasteiger partial charge in [-0.3, -0.25) is 0 Å². The van der Waals surface area contributed by atoms with Crippen LogP contribution in [0.15, 0.2) is 12.1 Å². The topological polar surface area (TPSA) is 12.5 Å². The number of aryl methyl sites for hydroxylation is 2. The lowest BCUT2D eigenvalue weighted by Crippen LogP contribution is -1.93. The van der Waals surface area contributed by atoms with E-state index in [-0.39, 0.29) is 0 Å². The molecule has 0 amide bonds. The van der Waals surface area contributed by atoms with Crippen LogP contribution in [0.25, 0.3) is 0 Å². The summed E-state index contributed by atoms with van der Waals surface area (Å²) in [6.45, 7) is 4.41. The average molecular weight is 210 g/mol. The minimum absolute atomic E-state index is 0.562. The first kappa shape index (κ1) is 10.2. The fraction of sp³-hybridized carbons (Fsp3) is 0.667. The quantitative estimate of drug-likeness (QED) is 0.678. The molecule has 0 spiro atoms. The van der Waals surface area contributed by atoms with Crippen LogP contribution in [0.3, 0.4) is 0 Å². The normalized spacial score (nSPS) is 25.3. The van der Waals surface area contributed by atoms with Gasteiger partial charge in [-0.1, -0.05) is 13.8 Å². The fourth-order valence-corrected chi connectivity index (χ4v) is 2.80. The zero-order valence-electron chi connectivity index (χ0n) is 8.95. The molecule has 2 heterocycles. The fourth-order valence-electron chi connectivity index (χ4n) is 1.82. The van der Waals surface area contributed by atoms with Gasteiger partial charge in [0, 0.05) is 9.75 Å². The molecule has 78 valence electrons. The Kier molecular flexibility index (Phi) is 3.24. The lowest BCUT2D eigenvalue weighted by molar-refractivity contribution is 0.360. The van der Waals surface area contributed by atoms with Gasteiger partial charge in [0.05, 0.1) is 12.2 Å². The van der Waals surface area contributed by atoms with Gasteiger partial charge in [-0.05, 0) is 37.8 Å². The van der Waals surface area contributed by atoms with Gasteiger partial charge in [-0.25, -0.2) is 0 Å². The van der Waals surface area contributed by atoms with E-state index < -0.39 is 0 Å². The summed E-state index contributed by atoms with van der Waals surface area (Å²) < 4.78 is 5.53. The van der Waals surface area contributed by atoms with Crippen LogP contribution in [0.5, 0.6) is 0 Å². The predicted octanol–water partition coefficient (Wildman–Crippen LogP) is 3.42. The zero-order valence-corrected chi connectivity index (χ0v) is 9.77. The van der Waals surface area contributed by atoms with E-state index >= 15 is 0 Å². The second-order valence-electron chi connectivity index (χ2n) is 3.88. The van der Waals surface area contributed by atoms with Crippen molar-refractivity contribution < 1.29 is 4.74 Å². The Labute approximate surface area is 90.1 Å². The minimum atomic E-state index is 0.562. The first-order chi connectivity index (χ1) is 6.83. The molecule has 2 rings (SSSR count). The Morgan fingerprint density at radius 1 is 1.21 bits per heavy atom. The molecule has 0 N–H and O–H groups in total. The number of epoxide rings is 1. The predicted molar refractivity (Wildman–Crippen MR) is 61.0 cm³/mol. The molecule has 0 saturated carbocycles. The van der Waals surface area contributed by atoms with Crippen molar-refractivity contribution in [1.82, 2.24) is 0 Å². The van der Waals surface area contributed by atoms with E-state index in [9.17, 15) is 0 Å². The van der Waals surface area contributed by atoms with Crippen molar-refractivity contribution in [2.45, 2.75) is 51.7 Å². The third-order valence-corrected chi connectivity index (χ3v) is 4.12. The Morgan fingerprint density at radius 3 is 2.57 bits per heavy atom. The molecule has 0 aliphatic carbocycles. The summed E-state index contributed by atoms with van der Waals surface area (Å²) in [6, 6.07) is 4.53. The molecule has 0 bridgehead atoms. The first-order valence-corrected chi connectivity index (χ1v) is 6.38.